The number of carbonyl (C=O) groups is 1. The van der Waals surface area contributed by atoms with Gasteiger partial charge in [-0.1, -0.05) is 30.3 Å². The summed E-state index contributed by atoms with van der Waals surface area (Å²) in [5.41, 5.74) is 8.24. The molecule has 3 N–H and O–H groups in total. The summed E-state index contributed by atoms with van der Waals surface area (Å²) in [7, 11) is 0. The van der Waals surface area contributed by atoms with Gasteiger partial charge in [0.1, 0.15) is 5.69 Å². The number of anilines is 1. The Balaban J connectivity index is 0.00000144. The fourth-order valence-electron chi connectivity index (χ4n) is 1.53. The number of nitrogens with two attached hydrogens (primary N) is 1. The molecule has 1 aromatic carbocycles. The topological polar surface area (TPSA) is 57.2 Å². The van der Waals surface area contributed by atoms with E-state index in [9.17, 15) is 4.79 Å². The van der Waals surface area contributed by atoms with Gasteiger partial charge in [-0.15, -0.1) is 0 Å². The highest BCUT2D eigenvalue weighted by Gasteiger charge is 2.19. The first-order valence-electron chi connectivity index (χ1n) is 5.06. The summed E-state index contributed by atoms with van der Waals surface area (Å²) >= 11 is 0. The summed E-state index contributed by atoms with van der Waals surface area (Å²) in [6.45, 7) is 1.89. The maximum absolute atomic E-state index is 12.1. The number of hydrogen-bond acceptors (Lipinski definition) is 2. The van der Waals surface area contributed by atoms with Crippen LogP contribution in [0.3, 0.4) is 0 Å². The van der Waals surface area contributed by atoms with Crippen LogP contribution in [0.5, 0.6) is 0 Å². The fourth-order valence-corrected chi connectivity index (χ4v) is 1.53. The molecule has 17 heavy (non-hydrogen) atoms. The molecule has 0 aliphatic rings. The zero-order valence-corrected chi connectivity index (χ0v) is 10.2. The molecule has 0 radical (unpaired) electrons. The normalized spacial score (nSPS) is 9.47. The molecule has 0 bridgehead atoms. The summed E-state index contributed by atoms with van der Waals surface area (Å²) in [4.78, 5) is 15.1. The van der Waals surface area contributed by atoms with Gasteiger partial charge in [-0.05, 0) is 6.07 Å². The van der Waals surface area contributed by atoms with Gasteiger partial charge in [-0.3, -0.25) is 4.79 Å². The van der Waals surface area contributed by atoms with Gasteiger partial charge in [0.2, 0.25) is 0 Å². The predicted molar refractivity (Wildman–Crippen MR) is 62.0 cm³/mol. The molecule has 4 heteroatoms. The number of aryl methyl sites for hydroxylation is 1. The van der Waals surface area contributed by atoms with Gasteiger partial charge in [0.05, 0.1) is 0 Å². The number of ketones is 1. The van der Waals surface area contributed by atoms with Crippen molar-refractivity contribution in [1.29, 1.82) is 0 Å². The molecule has 2 aromatic rings. The number of aromatic amines is 1. The van der Waals surface area contributed by atoms with Gasteiger partial charge >= 0.3 is 0 Å². The minimum atomic E-state index is -0.0817. The zero-order chi connectivity index (χ0) is 11.5. The molecule has 0 saturated heterocycles. The molecule has 2 rings (SSSR count). The first-order valence-corrected chi connectivity index (χ1v) is 5.06. The van der Waals surface area contributed by atoms with E-state index in [2.05, 4.69) is 4.98 Å². The van der Waals surface area contributed by atoms with Crippen LogP contribution in [0.1, 0.15) is 21.7 Å². The standard InChI is InChI=1S/C13H12N2O.ClH/c1-9-7-8-11(14)12(15-9)13(16)10-5-3-2-4-6-10;/h2-8H,14H2,1H3;1H. The van der Waals surface area contributed by atoms with Gasteiger partial charge in [0, 0.05) is 18.6 Å². The third-order valence-corrected chi connectivity index (χ3v) is 2.39. The zero-order valence-electron chi connectivity index (χ0n) is 9.41. The average molecular weight is 249 g/mol. The Morgan fingerprint density at radius 1 is 1.12 bits per heavy atom. The highest BCUT2D eigenvalue weighted by atomic mass is 35.5. The quantitative estimate of drug-likeness (QED) is 0.667. The van der Waals surface area contributed by atoms with Crippen molar-refractivity contribution in [3.05, 3.63) is 59.4 Å². The molecule has 1 aromatic heterocycles. The lowest BCUT2D eigenvalue weighted by atomic mass is 10.1. The monoisotopic (exact) mass is 248 g/mol. The van der Waals surface area contributed by atoms with Crippen LogP contribution >= 0.6 is 0 Å². The smallest absolute Gasteiger partial charge is 0.275 e. The third kappa shape index (κ3) is 2.82. The van der Waals surface area contributed by atoms with Crippen molar-refractivity contribution in [3.8, 4) is 0 Å². The number of carbonyl (C=O) groups excluding carboxylic acids is 1. The van der Waals surface area contributed by atoms with E-state index < -0.39 is 0 Å². The van der Waals surface area contributed by atoms with E-state index in [-0.39, 0.29) is 18.2 Å². The predicted octanol–water partition coefficient (Wildman–Crippen LogP) is -1.37. The number of nitrogens with one attached hydrogen (secondary N) is 1. The second-order valence-electron chi connectivity index (χ2n) is 3.67. The van der Waals surface area contributed by atoms with Crippen LogP contribution in [0.15, 0.2) is 42.5 Å². The average Bonchev–Trinajstić information content (AvgIpc) is 2.32. The van der Waals surface area contributed by atoms with Gasteiger partial charge in [-0.25, -0.2) is 4.98 Å². The Labute approximate surface area is 106 Å². The first kappa shape index (κ1) is 13.2. The van der Waals surface area contributed by atoms with Crippen LogP contribution < -0.4 is 23.1 Å². The number of hydrogen-bond donors (Lipinski definition) is 1. The Hall–Kier alpha value is -1.87. The number of pyridine rings is 1. The highest BCUT2D eigenvalue weighted by molar-refractivity contribution is 6.09. The van der Waals surface area contributed by atoms with E-state index in [0.717, 1.165) is 5.69 Å². The number of H-pyrrole nitrogens is 1. The van der Waals surface area contributed by atoms with Crippen molar-refractivity contribution in [2.45, 2.75) is 6.92 Å². The van der Waals surface area contributed by atoms with Crippen molar-refractivity contribution in [1.82, 2.24) is 0 Å². The molecule has 0 amide bonds. The van der Waals surface area contributed by atoms with E-state index in [1.165, 1.54) is 0 Å². The Morgan fingerprint density at radius 3 is 2.41 bits per heavy atom. The van der Waals surface area contributed by atoms with E-state index in [1.54, 1.807) is 18.2 Å². The largest absolute Gasteiger partial charge is 1.00 e. The first-order chi connectivity index (χ1) is 7.68. The summed E-state index contributed by atoms with van der Waals surface area (Å²) in [5, 5.41) is 0. The molecule has 0 fully saturated rings. The minimum Gasteiger partial charge on any atom is -1.00 e. The molecular weight excluding hydrogens is 236 g/mol. The SMILES string of the molecule is Cc1ccc(N)c(C(=O)c2ccccc2)[nH+]1.[Cl-]. The van der Waals surface area contributed by atoms with E-state index in [4.69, 9.17) is 5.73 Å². The summed E-state index contributed by atoms with van der Waals surface area (Å²) in [6, 6.07) is 12.7. The molecular formula is C13H13ClN2O. The third-order valence-electron chi connectivity index (χ3n) is 2.39. The van der Waals surface area contributed by atoms with Crippen molar-refractivity contribution in [3.63, 3.8) is 0 Å². The maximum Gasteiger partial charge on any atom is 0.275 e. The van der Waals surface area contributed by atoms with E-state index in [1.807, 2.05) is 31.2 Å². The number of halogens is 1. The summed E-state index contributed by atoms with van der Waals surface area (Å²) in [5.74, 6) is -0.0817. The molecule has 0 aliphatic carbocycles. The molecule has 88 valence electrons. The Bertz CT molecular complexity index is 526. The molecule has 0 atom stereocenters. The van der Waals surface area contributed by atoms with Crippen molar-refractivity contribution in [2.24, 2.45) is 0 Å². The molecule has 0 saturated carbocycles. The van der Waals surface area contributed by atoms with E-state index >= 15 is 0 Å². The maximum atomic E-state index is 12.1. The summed E-state index contributed by atoms with van der Waals surface area (Å²) < 4.78 is 0. The lowest BCUT2D eigenvalue weighted by molar-refractivity contribution is -0.390. The summed E-state index contributed by atoms with van der Waals surface area (Å²) in [6.07, 6.45) is 0. The van der Waals surface area contributed by atoms with Crippen molar-refractivity contribution >= 4 is 11.5 Å². The number of rotatable bonds is 2. The van der Waals surface area contributed by atoms with Crippen molar-refractivity contribution < 1.29 is 22.2 Å². The number of aromatic nitrogens is 1. The Morgan fingerprint density at radius 2 is 1.76 bits per heavy atom. The molecule has 0 unspecified atom stereocenters. The van der Waals surface area contributed by atoms with Crippen LogP contribution in [-0.4, -0.2) is 5.78 Å². The second kappa shape index (κ2) is 5.46. The molecule has 0 spiro atoms. The van der Waals surface area contributed by atoms with Crippen LogP contribution in [-0.2, 0) is 0 Å². The van der Waals surface area contributed by atoms with Crippen LogP contribution in [0.4, 0.5) is 5.69 Å². The molecule has 3 nitrogen and oxygen atoms in total. The number of nitrogen functional groups attached to an aromatic ring is 1. The molecule has 0 aliphatic heterocycles. The minimum absolute atomic E-state index is 0. The fraction of sp³-hybridized carbons (Fsp3) is 0.0769. The van der Waals surface area contributed by atoms with Gasteiger partial charge in [0.15, 0.2) is 5.69 Å². The lowest BCUT2D eigenvalue weighted by Crippen LogP contribution is -3.00. The second-order valence-corrected chi connectivity index (χ2v) is 3.67. The van der Waals surface area contributed by atoms with E-state index in [0.29, 0.717) is 16.9 Å². The van der Waals surface area contributed by atoms with Gasteiger partial charge in [0.25, 0.3) is 11.5 Å². The molecule has 1 heterocycles. The van der Waals surface area contributed by atoms with Gasteiger partial charge < -0.3 is 18.1 Å². The Kier molecular flexibility index (Phi) is 4.24. The van der Waals surface area contributed by atoms with Crippen LogP contribution in [0.25, 0.3) is 0 Å². The lowest BCUT2D eigenvalue weighted by Gasteiger charge is -1.99. The van der Waals surface area contributed by atoms with Crippen LogP contribution in [0, 0.1) is 6.92 Å². The van der Waals surface area contributed by atoms with Gasteiger partial charge in [-0.2, -0.15) is 0 Å². The number of benzene rings is 1. The van der Waals surface area contributed by atoms with Crippen LogP contribution in [0.2, 0.25) is 0 Å². The highest BCUT2D eigenvalue weighted by Crippen LogP contribution is 2.11. The van der Waals surface area contributed by atoms with Crippen molar-refractivity contribution in [2.75, 3.05) is 5.73 Å².